The minimum absolute atomic E-state index is 0.403. The van der Waals surface area contributed by atoms with E-state index in [2.05, 4.69) is 19.9 Å². The summed E-state index contributed by atoms with van der Waals surface area (Å²) in [5.74, 6) is 2.82. The lowest BCUT2D eigenvalue weighted by molar-refractivity contribution is 0.0400. The molecule has 0 aromatic carbocycles. The number of hydrogen-bond acceptors (Lipinski definition) is 7. The molecule has 1 N–H and O–H groups in total. The molecule has 32 heavy (non-hydrogen) atoms. The van der Waals surface area contributed by atoms with E-state index in [-0.39, 0.29) is 0 Å². The largest absolute Gasteiger partial charge is 0.495 e. The summed E-state index contributed by atoms with van der Waals surface area (Å²) in [5.41, 5.74) is 2.71. The van der Waals surface area contributed by atoms with Crippen molar-refractivity contribution in [1.82, 2.24) is 19.9 Å². The third kappa shape index (κ3) is 4.17. The van der Waals surface area contributed by atoms with Crippen molar-refractivity contribution < 1.29 is 14.6 Å². The fourth-order valence-electron chi connectivity index (χ4n) is 4.51. The molecule has 2 atom stereocenters. The number of methoxy groups -OCH3 is 1. The molecule has 2 saturated carbocycles. The first-order chi connectivity index (χ1) is 15.6. The van der Waals surface area contributed by atoms with Crippen LogP contribution in [0.2, 0.25) is 0 Å². The van der Waals surface area contributed by atoms with Gasteiger partial charge in [-0.05, 0) is 44.4 Å². The van der Waals surface area contributed by atoms with E-state index in [0.717, 1.165) is 60.4 Å². The molecule has 3 aromatic rings. The zero-order valence-electron chi connectivity index (χ0n) is 18.5. The van der Waals surface area contributed by atoms with Crippen molar-refractivity contribution in [2.24, 2.45) is 5.92 Å². The molecule has 7 nitrogen and oxygen atoms in total. The third-order valence-electron chi connectivity index (χ3n) is 6.59. The summed E-state index contributed by atoms with van der Waals surface area (Å²) >= 11 is 0. The van der Waals surface area contributed by atoms with Gasteiger partial charge in [-0.3, -0.25) is 9.97 Å². The molecule has 0 saturated heterocycles. The Labute approximate surface area is 187 Å². The average Bonchev–Trinajstić information content (AvgIpc) is 3.47. The number of rotatable bonds is 7. The highest BCUT2D eigenvalue weighted by atomic mass is 16.5. The predicted molar refractivity (Wildman–Crippen MR) is 119 cm³/mol. The van der Waals surface area contributed by atoms with E-state index in [1.165, 1.54) is 0 Å². The Morgan fingerprint density at radius 2 is 1.88 bits per heavy atom. The molecule has 5 rings (SSSR count). The molecule has 3 aromatic heterocycles. The van der Waals surface area contributed by atoms with Crippen LogP contribution < -0.4 is 9.47 Å². The monoisotopic (exact) mass is 432 g/mol. The third-order valence-corrected chi connectivity index (χ3v) is 6.59. The molecule has 0 spiro atoms. The molecule has 0 amide bonds. The zero-order valence-corrected chi connectivity index (χ0v) is 18.5. The molecular formula is C25H28N4O3. The number of ether oxygens (including phenoxy) is 2. The van der Waals surface area contributed by atoms with Gasteiger partial charge in [0.25, 0.3) is 0 Å². The van der Waals surface area contributed by atoms with E-state index in [0.29, 0.717) is 30.1 Å². The van der Waals surface area contributed by atoms with E-state index in [9.17, 15) is 5.11 Å². The quantitative estimate of drug-likeness (QED) is 0.598. The zero-order chi connectivity index (χ0) is 22.1. The van der Waals surface area contributed by atoms with Gasteiger partial charge in [-0.25, -0.2) is 4.98 Å². The molecule has 2 aliphatic rings. The van der Waals surface area contributed by atoms with E-state index in [1.54, 1.807) is 25.7 Å². The number of pyridine rings is 2. The van der Waals surface area contributed by atoms with Crippen LogP contribution >= 0.6 is 0 Å². The fraction of sp³-hybridized carbons (Fsp3) is 0.440. The second-order valence-electron chi connectivity index (χ2n) is 8.84. The molecule has 166 valence electrons. The van der Waals surface area contributed by atoms with E-state index in [1.807, 2.05) is 31.2 Å². The van der Waals surface area contributed by atoms with E-state index >= 15 is 0 Å². The first kappa shape index (κ1) is 20.8. The minimum atomic E-state index is -0.794. The van der Waals surface area contributed by atoms with Gasteiger partial charge in [0, 0.05) is 35.5 Å². The van der Waals surface area contributed by atoms with Crippen molar-refractivity contribution in [3.63, 3.8) is 0 Å². The molecule has 2 aliphatic carbocycles. The van der Waals surface area contributed by atoms with E-state index in [4.69, 9.17) is 9.47 Å². The Kier molecular flexibility index (Phi) is 5.51. The lowest BCUT2D eigenvalue weighted by Crippen LogP contribution is -2.22. The van der Waals surface area contributed by atoms with Gasteiger partial charge in [0.2, 0.25) is 5.88 Å². The first-order valence-corrected chi connectivity index (χ1v) is 11.2. The highest BCUT2D eigenvalue weighted by Crippen LogP contribution is 2.47. The van der Waals surface area contributed by atoms with Crippen LogP contribution in [0.15, 0.2) is 42.9 Å². The number of aryl methyl sites for hydroxylation is 1. The van der Waals surface area contributed by atoms with Gasteiger partial charge in [-0.1, -0.05) is 18.9 Å². The summed E-state index contributed by atoms with van der Waals surface area (Å²) in [7, 11) is 1.64. The second-order valence-corrected chi connectivity index (χ2v) is 8.84. The predicted octanol–water partition coefficient (Wildman–Crippen LogP) is 4.19. The topological polar surface area (TPSA) is 90.2 Å². The van der Waals surface area contributed by atoms with Crippen molar-refractivity contribution in [2.75, 3.05) is 13.7 Å². The van der Waals surface area contributed by atoms with Gasteiger partial charge in [-0.15, -0.1) is 0 Å². The second kappa shape index (κ2) is 8.47. The summed E-state index contributed by atoms with van der Waals surface area (Å²) in [4.78, 5) is 18.0. The van der Waals surface area contributed by atoms with Crippen molar-refractivity contribution in [2.45, 2.75) is 50.5 Å². The van der Waals surface area contributed by atoms with Crippen LogP contribution in [0.5, 0.6) is 11.6 Å². The minimum Gasteiger partial charge on any atom is -0.495 e. The Bertz CT molecular complexity index is 1080. The molecular weight excluding hydrogens is 404 g/mol. The lowest BCUT2D eigenvalue weighted by atomic mass is 9.96. The van der Waals surface area contributed by atoms with Crippen molar-refractivity contribution in [3.05, 3.63) is 60.1 Å². The molecule has 2 unspecified atom stereocenters. The number of nitrogens with zero attached hydrogens (tertiary/aromatic N) is 4. The summed E-state index contributed by atoms with van der Waals surface area (Å²) in [6, 6.07) is 7.86. The van der Waals surface area contributed by atoms with Gasteiger partial charge < -0.3 is 14.6 Å². The van der Waals surface area contributed by atoms with Gasteiger partial charge in [-0.2, -0.15) is 4.98 Å². The SMILES string of the molecule is COc1ccc(C2CC2COc2nc(C)ncc2-c2ccc(C3(O)CCCC3)nc2)nc1. The van der Waals surface area contributed by atoms with Crippen molar-refractivity contribution >= 4 is 0 Å². The molecule has 3 heterocycles. The lowest BCUT2D eigenvalue weighted by Gasteiger charge is -2.21. The molecule has 0 bridgehead atoms. The average molecular weight is 433 g/mol. The van der Waals surface area contributed by atoms with Crippen LogP contribution in [-0.2, 0) is 5.60 Å². The van der Waals surface area contributed by atoms with Crippen LogP contribution in [0.1, 0.15) is 55.2 Å². The van der Waals surface area contributed by atoms with Gasteiger partial charge in [0.1, 0.15) is 17.2 Å². The Hall–Kier alpha value is -3.06. The smallest absolute Gasteiger partial charge is 0.224 e. The van der Waals surface area contributed by atoms with Crippen LogP contribution in [0, 0.1) is 12.8 Å². The Morgan fingerprint density at radius 3 is 2.56 bits per heavy atom. The Morgan fingerprint density at radius 1 is 1.03 bits per heavy atom. The van der Waals surface area contributed by atoms with Gasteiger partial charge in [0.15, 0.2) is 0 Å². The summed E-state index contributed by atoms with van der Waals surface area (Å²) in [6.07, 6.45) is 10.0. The van der Waals surface area contributed by atoms with Crippen LogP contribution in [0.4, 0.5) is 0 Å². The molecule has 0 radical (unpaired) electrons. The molecule has 7 heteroatoms. The maximum absolute atomic E-state index is 10.8. The van der Waals surface area contributed by atoms with Crippen LogP contribution in [0.25, 0.3) is 11.1 Å². The maximum Gasteiger partial charge on any atom is 0.224 e. The maximum atomic E-state index is 10.8. The first-order valence-electron chi connectivity index (χ1n) is 11.2. The summed E-state index contributed by atoms with van der Waals surface area (Å²) in [6.45, 7) is 2.43. The highest BCUT2D eigenvalue weighted by Gasteiger charge is 2.40. The van der Waals surface area contributed by atoms with Crippen molar-refractivity contribution in [3.8, 4) is 22.8 Å². The standard InChI is InChI=1S/C25H28N4O3/c1-16-26-14-21(17-5-8-23(28-12-17)25(30)9-3-4-10-25)24(29-16)32-15-18-11-20(18)22-7-6-19(31-2)13-27-22/h5-8,12-14,18,20,30H,3-4,9-11,15H2,1-2H3. The van der Waals surface area contributed by atoms with Gasteiger partial charge in [0.05, 0.1) is 31.2 Å². The molecule has 0 aliphatic heterocycles. The molecule has 2 fully saturated rings. The summed E-state index contributed by atoms with van der Waals surface area (Å²) in [5, 5.41) is 10.8. The Balaban J connectivity index is 1.29. The number of hydrogen-bond donors (Lipinski definition) is 1. The normalized spacial score (nSPS) is 21.3. The van der Waals surface area contributed by atoms with Crippen molar-refractivity contribution in [1.29, 1.82) is 0 Å². The van der Waals surface area contributed by atoms with E-state index < -0.39 is 5.60 Å². The number of aromatic nitrogens is 4. The number of aliphatic hydroxyl groups is 1. The fourth-order valence-corrected chi connectivity index (χ4v) is 4.51. The van der Waals surface area contributed by atoms with Crippen LogP contribution in [0.3, 0.4) is 0 Å². The summed E-state index contributed by atoms with van der Waals surface area (Å²) < 4.78 is 11.4. The highest BCUT2D eigenvalue weighted by molar-refractivity contribution is 5.67. The van der Waals surface area contributed by atoms with Gasteiger partial charge >= 0.3 is 0 Å². The van der Waals surface area contributed by atoms with Crippen LogP contribution in [-0.4, -0.2) is 38.8 Å².